The highest BCUT2D eigenvalue weighted by molar-refractivity contribution is 6.23. The Morgan fingerprint density at radius 2 is 1.95 bits per heavy atom. The number of alkyl halides is 3. The largest absolute Gasteiger partial charge is 0.509 e. The van der Waals surface area contributed by atoms with Gasteiger partial charge in [-0.1, -0.05) is 12.1 Å². The molecule has 0 spiro atoms. The second-order valence-corrected chi connectivity index (χ2v) is 4.47. The Hall–Kier alpha value is -1.98. The number of nitrogens with zero attached hydrogens (tertiary/aromatic N) is 1. The maximum atomic E-state index is 12.7. The highest BCUT2D eigenvalue weighted by atomic mass is 19.4. The van der Waals surface area contributed by atoms with Crippen molar-refractivity contribution in [3.05, 3.63) is 41.2 Å². The molecule has 2 rings (SSSR count). The van der Waals surface area contributed by atoms with Gasteiger partial charge in [0.15, 0.2) is 0 Å². The van der Waals surface area contributed by atoms with Gasteiger partial charge in [-0.05, 0) is 24.6 Å². The monoisotopic (exact) mass is 270 g/mol. The molecule has 0 radical (unpaired) electrons. The number of likely N-dealkylation sites (N-methyl/N-ethyl adjacent to an activating group) is 1. The van der Waals surface area contributed by atoms with Crippen molar-refractivity contribution in [1.29, 1.82) is 5.41 Å². The topological polar surface area (TPSA) is 47.3 Å². The molecule has 1 unspecified atom stereocenters. The molecule has 1 aliphatic heterocycles. The van der Waals surface area contributed by atoms with Gasteiger partial charge in [0, 0.05) is 7.05 Å². The first-order valence-electron chi connectivity index (χ1n) is 5.66. The van der Waals surface area contributed by atoms with Crippen molar-refractivity contribution in [1.82, 2.24) is 4.90 Å². The summed E-state index contributed by atoms with van der Waals surface area (Å²) in [7, 11) is 1.61. The van der Waals surface area contributed by atoms with E-state index in [4.69, 9.17) is 5.41 Å². The first-order valence-corrected chi connectivity index (χ1v) is 5.66. The Bertz CT molecular complexity index is 563. The molecule has 0 fully saturated rings. The van der Waals surface area contributed by atoms with Gasteiger partial charge in [-0.2, -0.15) is 13.2 Å². The molecule has 0 aromatic heterocycles. The Morgan fingerprint density at radius 1 is 1.32 bits per heavy atom. The summed E-state index contributed by atoms with van der Waals surface area (Å²) in [6, 6.07) is 4.24. The number of aliphatic hydroxyl groups excluding tert-OH is 1. The minimum atomic E-state index is -4.44. The Morgan fingerprint density at radius 3 is 2.42 bits per heavy atom. The molecule has 3 nitrogen and oxygen atoms in total. The molecule has 0 bridgehead atoms. The fourth-order valence-corrected chi connectivity index (χ4v) is 2.02. The van der Waals surface area contributed by atoms with Gasteiger partial charge in [-0.3, -0.25) is 5.41 Å². The summed E-state index contributed by atoms with van der Waals surface area (Å²) < 4.78 is 38.0. The van der Waals surface area contributed by atoms with Crippen molar-refractivity contribution in [2.75, 3.05) is 7.05 Å². The van der Waals surface area contributed by atoms with Crippen molar-refractivity contribution in [3.8, 4) is 0 Å². The minimum absolute atomic E-state index is 0.0179. The lowest BCUT2D eigenvalue weighted by atomic mass is 10.0. The predicted molar refractivity (Wildman–Crippen MR) is 65.9 cm³/mol. The van der Waals surface area contributed by atoms with E-state index in [1.807, 2.05) is 0 Å². The molecule has 2 N–H and O–H groups in total. The zero-order valence-corrected chi connectivity index (χ0v) is 10.4. The molecule has 0 saturated carbocycles. The zero-order chi connectivity index (χ0) is 14.4. The fraction of sp³-hybridized carbons (Fsp3) is 0.308. The van der Waals surface area contributed by atoms with E-state index >= 15 is 0 Å². The maximum Gasteiger partial charge on any atom is 0.416 e. The normalized spacial score (nSPS) is 20.4. The van der Waals surface area contributed by atoms with E-state index in [-0.39, 0.29) is 22.7 Å². The van der Waals surface area contributed by atoms with E-state index in [9.17, 15) is 18.3 Å². The van der Waals surface area contributed by atoms with Crippen LogP contribution < -0.4 is 0 Å². The summed E-state index contributed by atoms with van der Waals surface area (Å²) in [5.74, 6) is -0.0591. The third kappa shape index (κ3) is 2.18. The van der Waals surface area contributed by atoms with Crippen LogP contribution in [-0.2, 0) is 6.18 Å². The molecule has 0 aliphatic carbocycles. The number of nitrogens with one attached hydrogen (secondary N) is 1. The second-order valence-electron chi connectivity index (χ2n) is 4.47. The predicted octanol–water partition coefficient (Wildman–Crippen LogP) is 3.29. The third-order valence-corrected chi connectivity index (χ3v) is 3.30. The van der Waals surface area contributed by atoms with Gasteiger partial charge in [-0.15, -0.1) is 0 Å². The summed E-state index contributed by atoms with van der Waals surface area (Å²) in [6.07, 6.45) is -4.44. The summed E-state index contributed by atoms with van der Waals surface area (Å²) in [4.78, 5) is 1.50. The molecule has 1 aliphatic rings. The molecule has 19 heavy (non-hydrogen) atoms. The molecule has 1 heterocycles. The summed E-state index contributed by atoms with van der Waals surface area (Å²) in [5, 5.41) is 17.8. The molecular formula is C13H13F3N2O. The van der Waals surface area contributed by atoms with Crippen LogP contribution >= 0.6 is 0 Å². The first-order chi connectivity index (χ1) is 8.73. The number of hydrogen-bond donors (Lipinski definition) is 2. The molecule has 1 aromatic rings. The van der Waals surface area contributed by atoms with Crippen molar-refractivity contribution in [3.63, 3.8) is 0 Å². The van der Waals surface area contributed by atoms with Crippen molar-refractivity contribution >= 4 is 11.4 Å². The van der Waals surface area contributed by atoms with E-state index < -0.39 is 17.8 Å². The summed E-state index contributed by atoms with van der Waals surface area (Å²) >= 11 is 0. The number of hydrogen-bond acceptors (Lipinski definition) is 2. The summed E-state index contributed by atoms with van der Waals surface area (Å²) in [6.45, 7) is 1.69. The molecule has 6 heteroatoms. The van der Waals surface area contributed by atoms with E-state index in [0.29, 0.717) is 0 Å². The average molecular weight is 270 g/mol. The van der Waals surface area contributed by atoms with Gasteiger partial charge < -0.3 is 10.0 Å². The standard InChI is InChI=1S/C13H13F3N2O/c1-7-11(19)10(12(17)18(7)2)8-4-3-5-9(6-8)13(14,15)16/h3-7,17,19H,1-2H3. The quantitative estimate of drug-likeness (QED) is 0.822. The van der Waals surface area contributed by atoms with Gasteiger partial charge in [-0.25, -0.2) is 0 Å². The molecule has 1 aromatic carbocycles. The molecular weight excluding hydrogens is 257 g/mol. The number of benzene rings is 1. The van der Waals surface area contributed by atoms with Crippen LogP contribution in [-0.4, -0.2) is 28.9 Å². The SMILES string of the molecule is CC1C(O)=C(c2cccc(C(F)(F)F)c2)C(=N)N1C. The molecule has 0 amide bonds. The van der Waals surface area contributed by atoms with Crippen molar-refractivity contribution in [2.45, 2.75) is 19.1 Å². The molecule has 1 atom stereocenters. The highest BCUT2D eigenvalue weighted by Crippen LogP contribution is 2.34. The molecule has 0 saturated heterocycles. The minimum Gasteiger partial charge on any atom is -0.509 e. The van der Waals surface area contributed by atoms with Crippen LogP contribution in [0.25, 0.3) is 5.57 Å². The maximum absolute atomic E-state index is 12.7. The number of amidine groups is 1. The highest BCUT2D eigenvalue weighted by Gasteiger charge is 2.34. The zero-order valence-electron chi connectivity index (χ0n) is 10.4. The number of halogens is 3. The van der Waals surface area contributed by atoms with Gasteiger partial charge in [0.25, 0.3) is 0 Å². The lowest BCUT2D eigenvalue weighted by Gasteiger charge is -2.17. The van der Waals surface area contributed by atoms with Crippen LogP contribution in [0.4, 0.5) is 13.2 Å². The van der Waals surface area contributed by atoms with E-state index in [2.05, 4.69) is 0 Å². The first kappa shape index (κ1) is 13.5. The van der Waals surface area contributed by atoms with Crippen LogP contribution in [0.1, 0.15) is 18.1 Å². The van der Waals surface area contributed by atoms with Gasteiger partial charge in [0.05, 0.1) is 17.2 Å². The van der Waals surface area contributed by atoms with Gasteiger partial charge in [0.1, 0.15) is 11.6 Å². The van der Waals surface area contributed by atoms with Crippen LogP contribution in [0, 0.1) is 5.41 Å². The number of rotatable bonds is 1. The third-order valence-electron chi connectivity index (χ3n) is 3.30. The lowest BCUT2D eigenvalue weighted by Crippen LogP contribution is -2.28. The van der Waals surface area contributed by atoms with E-state index in [1.165, 1.54) is 17.0 Å². The van der Waals surface area contributed by atoms with Crippen LogP contribution in [0.3, 0.4) is 0 Å². The van der Waals surface area contributed by atoms with Crippen LogP contribution in [0.2, 0.25) is 0 Å². The Kier molecular flexibility index (Phi) is 3.04. The fourth-order valence-electron chi connectivity index (χ4n) is 2.02. The van der Waals surface area contributed by atoms with Crippen LogP contribution in [0.15, 0.2) is 30.0 Å². The van der Waals surface area contributed by atoms with Crippen LogP contribution in [0.5, 0.6) is 0 Å². The van der Waals surface area contributed by atoms with Crippen molar-refractivity contribution < 1.29 is 18.3 Å². The second kappa shape index (κ2) is 4.29. The van der Waals surface area contributed by atoms with Gasteiger partial charge in [0.2, 0.25) is 0 Å². The van der Waals surface area contributed by atoms with Crippen molar-refractivity contribution in [2.24, 2.45) is 0 Å². The lowest BCUT2D eigenvalue weighted by molar-refractivity contribution is -0.137. The Labute approximate surface area is 108 Å². The average Bonchev–Trinajstić information content (AvgIpc) is 2.53. The smallest absolute Gasteiger partial charge is 0.416 e. The Balaban J connectivity index is 2.52. The van der Waals surface area contributed by atoms with E-state index in [0.717, 1.165) is 12.1 Å². The summed E-state index contributed by atoms with van der Waals surface area (Å²) in [5.41, 5.74) is -0.435. The van der Waals surface area contributed by atoms with Gasteiger partial charge >= 0.3 is 6.18 Å². The number of aliphatic hydroxyl groups is 1. The van der Waals surface area contributed by atoms with E-state index in [1.54, 1.807) is 14.0 Å². The molecule has 102 valence electrons.